The van der Waals surface area contributed by atoms with Crippen molar-refractivity contribution in [1.29, 1.82) is 0 Å². The van der Waals surface area contributed by atoms with Gasteiger partial charge in [-0.05, 0) is 26.8 Å². The number of fused-ring (bicyclic) bond motifs is 1. The summed E-state index contributed by atoms with van der Waals surface area (Å²) in [4.78, 5) is 20.1. The molecule has 0 spiro atoms. The molecule has 0 aliphatic carbocycles. The molecule has 2 aromatic rings. The van der Waals surface area contributed by atoms with Crippen LogP contribution in [0.1, 0.15) is 32.2 Å². The summed E-state index contributed by atoms with van der Waals surface area (Å²) < 4.78 is 6.94. The fourth-order valence-electron chi connectivity index (χ4n) is 1.63. The summed E-state index contributed by atoms with van der Waals surface area (Å²) in [5.41, 5.74) is 6.50. The lowest BCUT2D eigenvalue weighted by Gasteiger charge is -2.19. The zero-order valence-corrected chi connectivity index (χ0v) is 11.9. The topological polar surface area (TPSA) is 94.5 Å². The molecule has 2 aromatic heterocycles. The maximum atomic E-state index is 11.5. The van der Waals surface area contributed by atoms with Gasteiger partial charge in [-0.1, -0.05) is 0 Å². The highest BCUT2D eigenvalue weighted by Gasteiger charge is 2.16. The molecule has 3 N–H and O–H groups in total. The largest absolute Gasteiger partial charge is 0.444 e. The Morgan fingerprint density at radius 1 is 1.40 bits per heavy atom. The molecule has 108 valence electrons. The van der Waals surface area contributed by atoms with E-state index < -0.39 is 11.7 Å². The van der Waals surface area contributed by atoms with Crippen molar-refractivity contribution >= 4 is 11.9 Å². The fraction of sp³-hybridized carbons (Fsp3) is 0.462. The number of ether oxygens (including phenoxy) is 1. The van der Waals surface area contributed by atoms with Crippen molar-refractivity contribution in [1.82, 2.24) is 19.7 Å². The third kappa shape index (κ3) is 3.67. The monoisotopic (exact) mass is 277 g/mol. The van der Waals surface area contributed by atoms with E-state index in [1.54, 1.807) is 10.6 Å². The number of nitrogens with zero attached hydrogens (tertiary/aromatic N) is 3. The van der Waals surface area contributed by atoms with Gasteiger partial charge < -0.3 is 15.8 Å². The van der Waals surface area contributed by atoms with E-state index in [4.69, 9.17) is 10.5 Å². The molecular weight excluding hydrogens is 258 g/mol. The average molecular weight is 277 g/mol. The van der Waals surface area contributed by atoms with Gasteiger partial charge in [-0.25, -0.2) is 14.8 Å². The number of rotatable bonds is 3. The van der Waals surface area contributed by atoms with Crippen LogP contribution < -0.4 is 11.1 Å². The third-order valence-corrected chi connectivity index (χ3v) is 2.46. The molecule has 2 heterocycles. The van der Waals surface area contributed by atoms with E-state index in [9.17, 15) is 4.79 Å². The molecule has 1 amide bonds. The zero-order chi connectivity index (χ0) is 14.8. The van der Waals surface area contributed by atoms with Crippen LogP contribution in [0.15, 0.2) is 18.5 Å². The quantitative estimate of drug-likeness (QED) is 0.879. The van der Waals surface area contributed by atoms with E-state index in [-0.39, 0.29) is 6.54 Å². The Kier molecular flexibility index (Phi) is 3.89. The molecule has 0 aliphatic rings. The minimum absolute atomic E-state index is 0.288. The first-order chi connectivity index (χ1) is 9.37. The molecule has 0 aliphatic heterocycles. The lowest BCUT2D eigenvalue weighted by molar-refractivity contribution is 0.0523. The maximum Gasteiger partial charge on any atom is 0.407 e. The molecule has 0 saturated heterocycles. The first-order valence-corrected chi connectivity index (χ1v) is 6.38. The van der Waals surface area contributed by atoms with E-state index in [0.717, 1.165) is 5.69 Å². The number of nitrogens with one attached hydrogen (secondary N) is 1. The molecule has 0 fully saturated rings. The number of hydrogen-bond donors (Lipinski definition) is 2. The summed E-state index contributed by atoms with van der Waals surface area (Å²) in [6, 6.07) is 1.83. The number of aromatic nitrogens is 3. The molecule has 0 aromatic carbocycles. The van der Waals surface area contributed by atoms with Crippen LogP contribution in [-0.4, -0.2) is 26.1 Å². The van der Waals surface area contributed by atoms with Crippen LogP contribution in [-0.2, 0) is 17.8 Å². The van der Waals surface area contributed by atoms with Gasteiger partial charge in [-0.2, -0.15) is 0 Å². The van der Waals surface area contributed by atoms with Gasteiger partial charge in [0.15, 0.2) is 0 Å². The van der Waals surface area contributed by atoms with Crippen LogP contribution >= 0.6 is 0 Å². The minimum atomic E-state index is -0.513. The smallest absolute Gasteiger partial charge is 0.407 e. The van der Waals surface area contributed by atoms with Crippen LogP contribution in [0.3, 0.4) is 0 Å². The van der Waals surface area contributed by atoms with Crippen molar-refractivity contribution in [3.05, 3.63) is 29.8 Å². The first-order valence-electron chi connectivity index (χ1n) is 6.38. The summed E-state index contributed by atoms with van der Waals surface area (Å²) in [5, 5.41) is 2.66. The summed E-state index contributed by atoms with van der Waals surface area (Å²) >= 11 is 0. The molecule has 0 atom stereocenters. The standard InChI is InChI=1S/C13H19N5O2/c1-13(2,3)20-12(19)15-7-10-8-18-5-4-9(6-14)16-11(18)17-10/h4-5,8H,6-7,14H2,1-3H3,(H,15,19). The molecule has 0 bridgehead atoms. The Bertz CT molecular complexity index is 615. The van der Waals surface area contributed by atoms with Crippen molar-refractivity contribution in [2.75, 3.05) is 0 Å². The molecular formula is C13H19N5O2. The van der Waals surface area contributed by atoms with Gasteiger partial charge in [-0.3, -0.25) is 4.40 Å². The van der Waals surface area contributed by atoms with Crippen LogP contribution in [0, 0.1) is 0 Å². The van der Waals surface area contributed by atoms with Crippen molar-refractivity contribution in [2.45, 2.75) is 39.5 Å². The highest BCUT2D eigenvalue weighted by molar-refractivity contribution is 5.67. The van der Waals surface area contributed by atoms with Gasteiger partial charge >= 0.3 is 6.09 Å². The van der Waals surface area contributed by atoms with Crippen molar-refractivity contribution in [2.24, 2.45) is 5.73 Å². The van der Waals surface area contributed by atoms with E-state index in [2.05, 4.69) is 15.3 Å². The highest BCUT2D eigenvalue weighted by atomic mass is 16.6. The van der Waals surface area contributed by atoms with Gasteiger partial charge in [0.2, 0.25) is 5.78 Å². The fourth-order valence-corrected chi connectivity index (χ4v) is 1.63. The van der Waals surface area contributed by atoms with Crippen LogP contribution in [0.25, 0.3) is 5.78 Å². The normalized spacial score (nSPS) is 11.6. The lowest BCUT2D eigenvalue weighted by atomic mass is 10.2. The first kappa shape index (κ1) is 14.3. The van der Waals surface area contributed by atoms with Crippen LogP contribution in [0.4, 0.5) is 4.79 Å². The molecule has 0 saturated carbocycles. The number of imidazole rings is 1. The molecule has 0 unspecified atom stereocenters. The molecule has 20 heavy (non-hydrogen) atoms. The van der Waals surface area contributed by atoms with E-state index in [0.29, 0.717) is 18.0 Å². The van der Waals surface area contributed by atoms with Crippen LogP contribution in [0.2, 0.25) is 0 Å². The number of alkyl carbamates (subject to hydrolysis) is 1. The number of carbonyl (C=O) groups excluding carboxylic acids is 1. The second kappa shape index (κ2) is 5.46. The Labute approximate surface area is 117 Å². The molecule has 2 rings (SSSR count). The Morgan fingerprint density at radius 3 is 2.75 bits per heavy atom. The van der Waals surface area contributed by atoms with Crippen molar-refractivity contribution in [3.63, 3.8) is 0 Å². The Balaban J connectivity index is 2.01. The SMILES string of the molecule is CC(C)(C)OC(=O)NCc1cn2ccc(CN)nc2n1. The lowest BCUT2D eigenvalue weighted by Crippen LogP contribution is -2.32. The second-order valence-corrected chi connectivity index (χ2v) is 5.42. The van der Waals surface area contributed by atoms with Gasteiger partial charge in [0.25, 0.3) is 0 Å². The Morgan fingerprint density at radius 2 is 2.10 bits per heavy atom. The summed E-state index contributed by atoms with van der Waals surface area (Å²) in [5.74, 6) is 0.564. The van der Waals surface area contributed by atoms with Crippen molar-refractivity contribution in [3.8, 4) is 0 Å². The van der Waals surface area contributed by atoms with E-state index >= 15 is 0 Å². The molecule has 0 radical (unpaired) electrons. The van der Waals surface area contributed by atoms with Gasteiger partial charge in [0.1, 0.15) is 5.60 Å². The van der Waals surface area contributed by atoms with Gasteiger partial charge in [0, 0.05) is 18.9 Å². The summed E-state index contributed by atoms with van der Waals surface area (Å²) in [7, 11) is 0. The van der Waals surface area contributed by atoms with E-state index in [1.807, 2.05) is 33.0 Å². The number of hydrogen-bond acceptors (Lipinski definition) is 5. The number of nitrogens with two attached hydrogens (primary N) is 1. The summed E-state index contributed by atoms with van der Waals surface area (Å²) in [6.07, 6.45) is 3.18. The van der Waals surface area contributed by atoms with Gasteiger partial charge in [0.05, 0.1) is 17.9 Å². The van der Waals surface area contributed by atoms with E-state index in [1.165, 1.54) is 0 Å². The van der Waals surface area contributed by atoms with Gasteiger partial charge in [-0.15, -0.1) is 0 Å². The number of carbonyl (C=O) groups is 1. The Hall–Kier alpha value is -2.15. The highest BCUT2D eigenvalue weighted by Crippen LogP contribution is 2.07. The third-order valence-electron chi connectivity index (χ3n) is 2.46. The average Bonchev–Trinajstić information content (AvgIpc) is 2.75. The predicted octanol–water partition coefficient (Wildman–Crippen LogP) is 1.21. The minimum Gasteiger partial charge on any atom is -0.444 e. The summed E-state index contributed by atoms with van der Waals surface area (Å²) in [6.45, 7) is 6.10. The van der Waals surface area contributed by atoms with Crippen LogP contribution in [0.5, 0.6) is 0 Å². The molecule has 7 heteroatoms. The number of amides is 1. The molecule has 7 nitrogen and oxygen atoms in total. The second-order valence-electron chi connectivity index (χ2n) is 5.42. The van der Waals surface area contributed by atoms with Crippen molar-refractivity contribution < 1.29 is 9.53 Å². The predicted molar refractivity (Wildman–Crippen MR) is 74.0 cm³/mol. The zero-order valence-electron chi connectivity index (χ0n) is 11.9. The maximum absolute atomic E-state index is 11.5.